The van der Waals surface area contributed by atoms with Crippen molar-refractivity contribution in [2.75, 3.05) is 11.1 Å². The van der Waals surface area contributed by atoms with Crippen LogP contribution in [0.3, 0.4) is 0 Å². The number of fused-ring (bicyclic) bond motifs is 1. The van der Waals surface area contributed by atoms with Crippen LogP contribution in [0.4, 0.5) is 11.4 Å². The maximum atomic E-state index is 12.5. The van der Waals surface area contributed by atoms with Gasteiger partial charge in [-0.3, -0.25) is 4.79 Å². The van der Waals surface area contributed by atoms with E-state index in [1.807, 2.05) is 12.1 Å². The summed E-state index contributed by atoms with van der Waals surface area (Å²) in [6, 6.07) is 13.3. The normalized spacial score (nSPS) is 17.1. The van der Waals surface area contributed by atoms with Gasteiger partial charge in [0.1, 0.15) is 0 Å². The zero-order valence-electron chi connectivity index (χ0n) is 11.6. The number of nitrogens with one attached hydrogen (secondary N) is 1. The fraction of sp³-hybridized carbons (Fsp3) is 0.235. The Kier molecular flexibility index (Phi) is 3.84. The van der Waals surface area contributed by atoms with Crippen LogP contribution in [0.1, 0.15) is 29.9 Å². The Morgan fingerprint density at radius 2 is 2.05 bits per heavy atom. The molecule has 1 aliphatic carbocycles. The molecule has 2 aromatic carbocycles. The van der Waals surface area contributed by atoms with Gasteiger partial charge in [0, 0.05) is 5.69 Å². The molecule has 3 N–H and O–H groups in total. The van der Waals surface area contributed by atoms with Crippen LogP contribution in [-0.4, -0.2) is 5.91 Å². The minimum absolute atomic E-state index is 0.0175. The van der Waals surface area contributed by atoms with Crippen molar-refractivity contribution < 1.29 is 4.79 Å². The summed E-state index contributed by atoms with van der Waals surface area (Å²) in [6.45, 7) is 0. The highest BCUT2D eigenvalue weighted by Gasteiger charge is 2.26. The Labute approximate surface area is 129 Å². The van der Waals surface area contributed by atoms with Crippen molar-refractivity contribution >= 4 is 28.9 Å². The summed E-state index contributed by atoms with van der Waals surface area (Å²) in [7, 11) is 0. The van der Waals surface area contributed by atoms with Crippen LogP contribution in [0.5, 0.6) is 0 Å². The van der Waals surface area contributed by atoms with Crippen molar-refractivity contribution in [3.63, 3.8) is 0 Å². The molecule has 108 valence electrons. The molecule has 4 heteroatoms. The van der Waals surface area contributed by atoms with E-state index in [1.54, 1.807) is 18.2 Å². The minimum atomic E-state index is -0.0909. The number of anilines is 2. The van der Waals surface area contributed by atoms with Crippen LogP contribution in [0.25, 0.3) is 0 Å². The summed E-state index contributed by atoms with van der Waals surface area (Å²) in [4.78, 5) is 12.5. The molecule has 0 fully saturated rings. The van der Waals surface area contributed by atoms with E-state index in [1.165, 1.54) is 5.56 Å². The Morgan fingerprint density at radius 1 is 1.24 bits per heavy atom. The summed E-state index contributed by atoms with van der Waals surface area (Å²) in [6.07, 6.45) is 2.97. The Bertz CT molecular complexity index is 684. The van der Waals surface area contributed by atoms with E-state index >= 15 is 0 Å². The maximum Gasteiger partial charge on any atom is 0.231 e. The van der Waals surface area contributed by atoms with Crippen molar-refractivity contribution in [2.45, 2.75) is 25.2 Å². The predicted octanol–water partition coefficient (Wildman–Crippen LogP) is 3.98. The Morgan fingerprint density at radius 3 is 2.86 bits per heavy atom. The summed E-state index contributed by atoms with van der Waals surface area (Å²) in [5.41, 5.74) is 9.34. The van der Waals surface area contributed by atoms with Gasteiger partial charge >= 0.3 is 0 Å². The van der Waals surface area contributed by atoms with Gasteiger partial charge in [-0.25, -0.2) is 0 Å². The molecule has 3 rings (SSSR count). The number of carbonyl (C=O) groups excluding carboxylic acids is 1. The van der Waals surface area contributed by atoms with Gasteiger partial charge in [-0.05, 0) is 48.6 Å². The third-order valence-electron chi connectivity index (χ3n) is 3.95. The fourth-order valence-electron chi connectivity index (χ4n) is 2.88. The molecule has 0 saturated carbocycles. The van der Waals surface area contributed by atoms with E-state index < -0.39 is 0 Å². The first-order chi connectivity index (χ1) is 10.1. The molecule has 0 saturated heterocycles. The van der Waals surface area contributed by atoms with E-state index in [0.717, 1.165) is 24.8 Å². The molecule has 2 aromatic rings. The van der Waals surface area contributed by atoms with E-state index in [9.17, 15) is 4.79 Å². The smallest absolute Gasteiger partial charge is 0.231 e. The molecular weight excluding hydrogens is 284 g/mol. The number of benzene rings is 2. The second-order valence-corrected chi connectivity index (χ2v) is 5.78. The SMILES string of the molecule is Nc1cc(NC(=O)C2CCCc3ccccc32)ccc1Cl. The minimum Gasteiger partial charge on any atom is -0.397 e. The molecule has 0 bridgehead atoms. The first kappa shape index (κ1) is 14.0. The molecule has 0 aromatic heterocycles. The molecule has 0 aliphatic heterocycles. The van der Waals surface area contributed by atoms with Crippen LogP contribution >= 0.6 is 11.6 Å². The molecule has 1 atom stereocenters. The zero-order chi connectivity index (χ0) is 14.8. The number of halogens is 1. The molecular formula is C17H17ClN2O. The van der Waals surface area contributed by atoms with Crippen molar-refractivity contribution in [3.05, 3.63) is 58.6 Å². The lowest BCUT2D eigenvalue weighted by Gasteiger charge is -2.24. The highest BCUT2D eigenvalue weighted by Crippen LogP contribution is 2.32. The summed E-state index contributed by atoms with van der Waals surface area (Å²) < 4.78 is 0. The van der Waals surface area contributed by atoms with E-state index in [2.05, 4.69) is 17.4 Å². The third kappa shape index (κ3) is 2.88. The van der Waals surface area contributed by atoms with Gasteiger partial charge in [-0.2, -0.15) is 0 Å². The van der Waals surface area contributed by atoms with Crippen molar-refractivity contribution in [2.24, 2.45) is 0 Å². The lowest BCUT2D eigenvalue weighted by Crippen LogP contribution is -2.24. The van der Waals surface area contributed by atoms with E-state index in [-0.39, 0.29) is 11.8 Å². The molecule has 0 heterocycles. The summed E-state index contributed by atoms with van der Waals surface area (Å²) in [5, 5.41) is 3.44. The van der Waals surface area contributed by atoms with Gasteiger partial charge in [-0.1, -0.05) is 35.9 Å². The number of amides is 1. The van der Waals surface area contributed by atoms with Crippen molar-refractivity contribution in [1.82, 2.24) is 0 Å². The van der Waals surface area contributed by atoms with Gasteiger partial charge in [0.15, 0.2) is 0 Å². The number of hydrogen-bond acceptors (Lipinski definition) is 2. The highest BCUT2D eigenvalue weighted by molar-refractivity contribution is 6.33. The lowest BCUT2D eigenvalue weighted by molar-refractivity contribution is -0.117. The zero-order valence-corrected chi connectivity index (χ0v) is 12.4. The predicted molar refractivity (Wildman–Crippen MR) is 86.6 cm³/mol. The number of nitrogens with two attached hydrogens (primary N) is 1. The molecule has 3 nitrogen and oxygen atoms in total. The molecule has 1 amide bonds. The standard InChI is InChI=1S/C17H17ClN2O/c18-15-9-8-12(10-16(15)19)20-17(21)14-7-3-5-11-4-1-2-6-13(11)14/h1-2,4,6,8-10,14H,3,5,7,19H2,(H,20,21). The third-order valence-corrected chi connectivity index (χ3v) is 4.29. The molecule has 0 radical (unpaired) electrons. The van der Waals surface area contributed by atoms with Gasteiger partial charge in [-0.15, -0.1) is 0 Å². The number of hydrogen-bond donors (Lipinski definition) is 2. The van der Waals surface area contributed by atoms with Crippen molar-refractivity contribution in [1.29, 1.82) is 0 Å². The number of carbonyl (C=O) groups is 1. The second-order valence-electron chi connectivity index (χ2n) is 5.37. The van der Waals surface area contributed by atoms with Crippen molar-refractivity contribution in [3.8, 4) is 0 Å². The topological polar surface area (TPSA) is 55.1 Å². The highest BCUT2D eigenvalue weighted by atomic mass is 35.5. The summed E-state index contributed by atoms with van der Waals surface area (Å²) in [5.74, 6) is -0.0734. The fourth-order valence-corrected chi connectivity index (χ4v) is 2.99. The quantitative estimate of drug-likeness (QED) is 0.824. The first-order valence-corrected chi connectivity index (χ1v) is 7.46. The number of aryl methyl sites for hydroxylation is 1. The maximum absolute atomic E-state index is 12.5. The number of nitrogen functional groups attached to an aromatic ring is 1. The van der Waals surface area contributed by atoms with Gasteiger partial charge in [0.25, 0.3) is 0 Å². The summed E-state index contributed by atoms with van der Waals surface area (Å²) >= 11 is 5.90. The van der Waals surface area contributed by atoms with E-state index in [0.29, 0.717) is 16.4 Å². The van der Waals surface area contributed by atoms with Gasteiger partial charge < -0.3 is 11.1 Å². The van der Waals surface area contributed by atoms with Gasteiger partial charge in [0.2, 0.25) is 5.91 Å². The first-order valence-electron chi connectivity index (χ1n) is 7.09. The van der Waals surface area contributed by atoms with Gasteiger partial charge in [0.05, 0.1) is 16.6 Å². The van der Waals surface area contributed by atoms with Crippen LogP contribution in [-0.2, 0) is 11.2 Å². The average molecular weight is 301 g/mol. The van der Waals surface area contributed by atoms with Crippen LogP contribution in [0.2, 0.25) is 5.02 Å². The van der Waals surface area contributed by atoms with E-state index in [4.69, 9.17) is 17.3 Å². The average Bonchev–Trinajstić information content (AvgIpc) is 2.50. The lowest BCUT2D eigenvalue weighted by atomic mass is 9.82. The molecule has 0 spiro atoms. The number of rotatable bonds is 2. The molecule has 1 unspecified atom stereocenters. The molecule has 21 heavy (non-hydrogen) atoms. The Balaban J connectivity index is 1.81. The molecule has 1 aliphatic rings. The Hall–Kier alpha value is -2.00. The second kappa shape index (κ2) is 5.78. The monoisotopic (exact) mass is 300 g/mol. The van der Waals surface area contributed by atoms with Crippen LogP contribution < -0.4 is 11.1 Å². The van der Waals surface area contributed by atoms with Crippen LogP contribution in [0.15, 0.2) is 42.5 Å². The van der Waals surface area contributed by atoms with Crippen LogP contribution in [0, 0.1) is 0 Å². The largest absolute Gasteiger partial charge is 0.397 e.